The molecule has 2 aliphatic rings. The highest BCUT2D eigenvalue weighted by Crippen LogP contribution is 2.41. The SMILES string of the molecule is C=CC(=O)Nc1cccc(N2C(=O)C(C)(C)Oc3cnc(Nc4ccc(N5CC[C@@H](N(C)C)C5)nc4OC)nc32)c1. The molecule has 2 amide bonds. The van der Waals surface area contributed by atoms with E-state index in [1.807, 2.05) is 12.1 Å². The molecule has 1 atom stereocenters. The number of nitrogens with one attached hydrogen (secondary N) is 2. The van der Waals surface area contributed by atoms with Crippen molar-refractivity contribution in [1.29, 1.82) is 0 Å². The Morgan fingerprint density at radius 3 is 2.76 bits per heavy atom. The van der Waals surface area contributed by atoms with Gasteiger partial charge in [0.15, 0.2) is 17.2 Å². The van der Waals surface area contributed by atoms with E-state index in [-0.39, 0.29) is 23.6 Å². The summed E-state index contributed by atoms with van der Waals surface area (Å²) < 4.78 is 11.6. The van der Waals surface area contributed by atoms with E-state index in [2.05, 4.69) is 51.1 Å². The average molecular weight is 559 g/mol. The zero-order chi connectivity index (χ0) is 29.3. The number of rotatable bonds is 8. The van der Waals surface area contributed by atoms with Crippen molar-refractivity contribution >= 4 is 46.5 Å². The number of aromatic nitrogens is 3. The molecule has 0 saturated carbocycles. The summed E-state index contributed by atoms with van der Waals surface area (Å²) >= 11 is 0. The minimum Gasteiger partial charge on any atom is -0.479 e. The average Bonchev–Trinajstić information content (AvgIpc) is 3.45. The van der Waals surface area contributed by atoms with Gasteiger partial charge < -0.3 is 29.9 Å². The Morgan fingerprint density at radius 1 is 1.24 bits per heavy atom. The van der Waals surface area contributed by atoms with E-state index >= 15 is 0 Å². The van der Waals surface area contributed by atoms with Gasteiger partial charge in [0.05, 0.1) is 19.0 Å². The van der Waals surface area contributed by atoms with Crippen LogP contribution < -0.4 is 29.9 Å². The first-order chi connectivity index (χ1) is 19.6. The Balaban J connectivity index is 1.45. The van der Waals surface area contributed by atoms with Gasteiger partial charge in [0.25, 0.3) is 5.91 Å². The maximum atomic E-state index is 13.6. The summed E-state index contributed by atoms with van der Waals surface area (Å²) in [6.07, 6.45) is 3.77. The first-order valence-electron chi connectivity index (χ1n) is 13.3. The number of carbonyl (C=O) groups excluding carboxylic acids is 2. The topological polar surface area (TPSA) is 125 Å². The molecule has 2 aromatic heterocycles. The van der Waals surface area contributed by atoms with Crippen LogP contribution in [0.1, 0.15) is 20.3 Å². The number of ether oxygens (including phenoxy) is 2. The quantitative estimate of drug-likeness (QED) is 0.395. The molecule has 214 valence electrons. The molecule has 0 bridgehead atoms. The van der Waals surface area contributed by atoms with Crippen LogP contribution in [0.3, 0.4) is 0 Å². The van der Waals surface area contributed by atoms with Crippen molar-refractivity contribution in [2.75, 3.05) is 54.7 Å². The number of hydrogen-bond acceptors (Lipinski definition) is 10. The summed E-state index contributed by atoms with van der Waals surface area (Å²) in [7, 11) is 5.74. The van der Waals surface area contributed by atoms with Crippen LogP contribution in [-0.4, -0.2) is 77.6 Å². The molecule has 0 unspecified atom stereocenters. The van der Waals surface area contributed by atoms with Gasteiger partial charge in [-0.05, 0) is 70.8 Å². The summed E-state index contributed by atoms with van der Waals surface area (Å²) in [6.45, 7) is 8.65. The Kier molecular flexibility index (Phi) is 7.50. The van der Waals surface area contributed by atoms with Crippen LogP contribution in [0.2, 0.25) is 0 Å². The number of benzene rings is 1. The third-order valence-corrected chi connectivity index (χ3v) is 7.09. The number of anilines is 6. The molecule has 12 heteroatoms. The van der Waals surface area contributed by atoms with E-state index in [1.165, 1.54) is 17.2 Å². The first kappa shape index (κ1) is 27.8. The van der Waals surface area contributed by atoms with Crippen molar-refractivity contribution in [2.24, 2.45) is 0 Å². The summed E-state index contributed by atoms with van der Waals surface area (Å²) in [4.78, 5) is 45.2. The zero-order valence-electron chi connectivity index (χ0n) is 23.8. The molecule has 41 heavy (non-hydrogen) atoms. The van der Waals surface area contributed by atoms with E-state index in [4.69, 9.17) is 14.5 Å². The molecule has 0 aliphatic carbocycles. The maximum Gasteiger partial charge on any atom is 0.276 e. The number of carbonyl (C=O) groups is 2. The van der Waals surface area contributed by atoms with E-state index in [0.29, 0.717) is 34.7 Å². The van der Waals surface area contributed by atoms with E-state index in [9.17, 15) is 9.59 Å². The molecular formula is C29H34N8O4. The Labute approximate surface area is 239 Å². The van der Waals surface area contributed by atoms with Crippen LogP contribution in [0.5, 0.6) is 11.6 Å². The highest BCUT2D eigenvalue weighted by atomic mass is 16.5. The van der Waals surface area contributed by atoms with Crippen LogP contribution in [0.4, 0.5) is 34.6 Å². The third-order valence-electron chi connectivity index (χ3n) is 7.09. The smallest absolute Gasteiger partial charge is 0.276 e. The van der Waals surface area contributed by atoms with Crippen LogP contribution >= 0.6 is 0 Å². The van der Waals surface area contributed by atoms with Crippen molar-refractivity contribution in [2.45, 2.75) is 31.9 Å². The monoisotopic (exact) mass is 558 g/mol. The van der Waals surface area contributed by atoms with Crippen LogP contribution in [-0.2, 0) is 9.59 Å². The third kappa shape index (κ3) is 5.64. The number of pyridine rings is 1. The molecule has 2 N–H and O–H groups in total. The van der Waals surface area contributed by atoms with Crippen molar-refractivity contribution in [1.82, 2.24) is 19.9 Å². The standard InChI is InChI=1S/C29H34N8O4/c1-7-24(38)31-18-9-8-10-19(15-18)37-25-22(41-29(2,3)27(37)39)16-30-28(34-25)32-21-11-12-23(33-26(21)40-6)36-14-13-20(17-36)35(4)5/h7-12,15-16,20H,1,13-14,17H2,2-6H3,(H,31,38)(H,30,32,34)/t20-/m1/s1. The van der Waals surface area contributed by atoms with Crippen LogP contribution in [0.15, 0.2) is 55.3 Å². The van der Waals surface area contributed by atoms with Crippen LogP contribution in [0, 0.1) is 0 Å². The lowest BCUT2D eigenvalue weighted by atomic mass is 10.0. The molecule has 0 radical (unpaired) electrons. The van der Waals surface area contributed by atoms with Crippen molar-refractivity contribution < 1.29 is 19.1 Å². The largest absolute Gasteiger partial charge is 0.479 e. The van der Waals surface area contributed by atoms with Gasteiger partial charge in [-0.15, -0.1) is 0 Å². The normalized spacial score (nSPS) is 17.6. The fourth-order valence-corrected chi connectivity index (χ4v) is 4.84. The number of amides is 2. The van der Waals surface area contributed by atoms with Gasteiger partial charge in [-0.1, -0.05) is 12.6 Å². The van der Waals surface area contributed by atoms with Crippen molar-refractivity contribution in [3.05, 3.63) is 55.3 Å². The molecule has 3 aromatic rings. The van der Waals surface area contributed by atoms with Gasteiger partial charge in [0, 0.05) is 24.8 Å². The van der Waals surface area contributed by atoms with E-state index in [1.54, 1.807) is 45.2 Å². The summed E-state index contributed by atoms with van der Waals surface area (Å²) in [5.74, 6) is 1.36. The lowest BCUT2D eigenvalue weighted by molar-refractivity contribution is -0.131. The van der Waals surface area contributed by atoms with Gasteiger partial charge >= 0.3 is 0 Å². The summed E-state index contributed by atoms with van der Waals surface area (Å²) in [5, 5.41) is 5.89. The molecule has 1 aromatic carbocycles. The van der Waals surface area contributed by atoms with E-state index in [0.717, 1.165) is 25.3 Å². The Hall–Kier alpha value is -4.71. The van der Waals surface area contributed by atoms with Crippen LogP contribution in [0.25, 0.3) is 0 Å². The second-order valence-corrected chi connectivity index (χ2v) is 10.6. The molecule has 4 heterocycles. The number of hydrogen-bond donors (Lipinski definition) is 2. The number of nitrogens with zero attached hydrogens (tertiary/aromatic N) is 6. The lowest BCUT2D eigenvalue weighted by Crippen LogP contribution is -2.51. The fourth-order valence-electron chi connectivity index (χ4n) is 4.84. The minimum atomic E-state index is -1.17. The maximum absolute atomic E-state index is 13.6. The van der Waals surface area contributed by atoms with Gasteiger partial charge in [-0.25, -0.2) is 4.98 Å². The lowest BCUT2D eigenvalue weighted by Gasteiger charge is -2.37. The second kappa shape index (κ2) is 11.0. The predicted molar refractivity (Wildman–Crippen MR) is 158 cm³/mol. The fraction of sp³-hybridized carbons (Fsp3) is 0.345. The van der Waals surface area contributed by atoms with Gasteiger partial charge in [-0.3, -0.25) is 14.5 Å². The molecule has 5 rings (SSSR count). The summed E-state index contributed by atoms with van der Waals surface area (Å²) in [6, 6.07) is 11.2. The number of likely N-dealkylation sites (N-methyl/N-ethyl adjacent to an activating group) is 1. The Morgan fingerprint density at radius 2 is 2.05 bits per heavy atom. The number of methoxy groups -OCH3 is 1. The molecule has 12 nitrogen and oxygen atoms in total. The molecule has 0 spiro atoms. The minimum absolute atomic E-state index is 0.225. The highest BCUT2D eigenvalue weighted by molar-refractivity contribution is 6.08. The van der Waals surface area contributed by atoms with Gasteiger partial charge in [0.2, 0.25) is 17.7 Å². The van der Waals surface area contributed by atoms with E-state index < -0.39 is 5.60 Å². The second-order valence-electron chi connectivity index (χ2n) is 10.6. The molecular weight excluding hydrogens is 524 g/mol. The van der Waals surface area contributed by atoms with Crippen molar-refractivity contribution in [3.63, 3.8) is 0 Å². The Bertz CT molecular complexity index is 1490. The first-order valence-corrected chi connectivity index (χ1v) is 13.3. The van der Waals surface area contributed by atoms with Gasteiger partial charge in [-0.2, -0.15) is 9.97 Å². The number of fused-ring (bicyclic) bond motifs is 1. The highest BCUT2D eigenvalue weighted by Gasteiger charge is 2.43. The zero-order valence-corrected chi connectivity index (χ0v) is 23.8. The van der Waals surface area contributed by atoms with Gasteiger partial charge in [0.1, 0.15) is 11.5 Å². The molecule has 1 saturated heterocycles. The molecule has 1 fully saturated rings. The van der Waals surface area contributed by atoms with Crippen molar-refractivity contribution in [3.8, 4) is 11.6 Å². The summed E-state index contributed by atoms with van der Waals surface area (Å²) in [5.41, 5.74) is 0.410. The predicted octanol–water partition coefficient (Wildman–Crippen LogP) is 3.72. The molecule has 2 aliphatic heterocycles.